The molecule has 2 aliphatic heterocycles. The second-order valence-electron chi connectivity index (χ2n) is 9.21. The smallest absolute Gasteiger partial charge is 0.246 e. The average Bonchev–Trinajstić information content (AvgIpc) is 3.49. The van der Waals surface area contributed by atoms with Gasteiger partial charge in [-0.15, -0.1) is 0 Å². The van der Waals surface area contributed by atoms with Crippen LogP contribution in [0.2, 0.25) is 0 Å². The number of benzene rings is 1. The Hall–Kier alpha value is -3.19. The van der Waals surface area contributed by atoms with Gasteiger partial charge in [0.1, 0.15) is 11.6 Å². The maximum atomic E-state index is 11.9. The number of likely N-dealkylation sites (tertiary alicyclic amines) is 1. The number of fused-ring (bicyclic) bond motifs is 1. The fraction of sp³-hybridized carbons (Fsp3) is 0.423. The number of hydrogen-bond acceptors (Lipinski definition) is 6. The third-order valence-electron chi connectivity index (χ3n) is 6.85. The number of carbonyl (C=O) groups is 1. The molecule has 1 amide bonds. The van der Waals surface area contributed by atoms with Gasteiger partial charge in [0, 0.05) is 69.4 Å². The number of anilines is 2. The van der Waals surface area contributed by atoms with E-state index in [1.807, 2.05) is 4.90 Å². The first-order valence-corrected chi connectivity index (χ1v) is 11.9. The molecular weight excluding hydrogens is 412 g/mol. The molecule has 0 saturated carbocycles. The zero-order chi connectivity index (χ0) is 22.8. The summed E-state index contributed by atoms with van der Waals surface area (Å²) in [5.74, 6) is 1.72. The minimum absolute atomic E-state index is 0.00665. The van der Waals surface area contributed by atoms with Gasteiger partial charge in [-0.05, 0) is 37.2 Å². The third-order valence-corrected chi connectivity index (χ3v) is 6.85. The summed E-state index contributed by atoms with van der Waals surface area (Å²) in [5.41, 5.74) is 4.66. The molecule has 0 unspecified atom stereocenters. The lowest BCUT2D eigenvalue weighted by molar-refractivity contribution is -0.125. The van der Waals surface area contributed by atoms with Crippen LogP contribution in [-0.4, -0.2) is 78.0 Å². The predicted molar refractivity (Wildman–Crippen MR) is 133 cm³/mol. The van der Waals surface area contributed by atoms with Crippen molar-refractivity contribution in [2.45, 2.75) is 25.3 Å². The monoisotopic (exact) mass is 444 g/mol. The summed E-state index contributed by atoms with van der Waals surface area (Å²) >= 11 is 0. The number of nitrogens with zero attached hydrogens (tertiary/aromatic N) is 5. The van der Waals surface area contributed by atoms with Crippen molar-refractivity contribution in [3.8, 4) is 0 Å². The summed E-state index contributed by atoms with van der Waals surface area (Å²) in [7, 11) is 2.18. The molecule has 2 fully saturated rings. The molecule has 0 bridgehead atoms. The minimum atomic E-state index is -0.00665. The van der Waals surface area contributed by atoms with Gasteiger partial charge in [0.25, 0.3) is 0 Å². The summed E-state index contributed by atoms with van der Waals surface area (Å²) in [6.07, 6.45) is 8.09. The Bertz CT molecular complexity index is 1060. The van der Waals surface area contributed by atoms with Gasteiger partial charge in [-0.3, -0.25) is 4.79 Å². The fourth-order valence-corrected chi connectivity index (χ4v) is 4.85. The molecule has 1 atom stereocenters. The second kappa shape index (κ2) is 9.35. The molecule has 172 valence electrons. The van der Waals surface area contributed by atoms with E-state index in [1.54, 1.807) is 0 Å². The molecule has 2 aromatic rings. The lowest BCUT2D eigenvalue weighted by Crippen LogP contribution is -2.44. The van der Waals surface area contributed by atoms with Gasteiger partial charge in [0.15, 0.2) is 0 Å². The Labute approximate surface area is 195 Å². The van der Waals surface area contributed by atoms with Crippen LogP contribution in [0.4, 0.5) is 11.5 Å². The number of likely N-dealkylation sites (N-methyl/N-ethyl adjacent to an activating group) is 1. The Balaban J connectivity index is 1.28. The SMILES string of the molecule is C=CC(=O)N1CC[C@H](Nc2nc(Cc3ccc(N4CCN(C)CC4)cc3)nc3c2C=CC3)C1. The molecule has 3 heterocycles. The van der Waals surface area contributed by atoms with Crippen molar-refractivity contribution < 1.29 is 4.79 Å². The van der Waals surface area contributed by atoms with Crippen molar-refractivity contribution in [2.24, 2.45) is 0 Å². The molecule has 0 radical (unpaired) electrons. The third kappa shape index (κ3) is 4.78. The van der Waals surface area contributed by atoms with E-state index in [2.05, 4.69) is 65.2 Å². The molecule has 3 aliphatic rings. The van der Waals surface area contributed by atoms with Crippen molar-refractivity contribution in [2.75, 3.05) is 56.5 Å². The quantitative estimate of drug-likeness (QED) is 0.691. The summed E-state index contributed by atoms with van der Waals surface area (Å²) in [4.78, 5) is 28.3. The van der Waals surface area contributed by atoms with Crippen molar-refractivity contribution >= 4 is 23.5 Å². The molecule has 33 heavy (non-hydrogen) atoms. The molecule has 1 aromatic carbocycles. The Morgan fingerprint density at radius 3 is 2.70 bits per heavy atom. The lowest BCUT2D eigenvalue weighted by atomic mass is 10.1. The van der Waals surface area contributed by atoms with Gasteiger partial charge in [-0.25, -0.2) is 9.97 Å². The Morgan fingerprint density at radius 2 is 1.94 bits per heavy atom. The van der Waals surface area contributed by atoms with Gasteiger partial charge >= 0.3 is 0 Å². The molecule has 1 N–H and O–H groups in total. The van der Waals surface area contributed by atoms with E-state index in [9.17, 15) is 4.79 Å². The number of carbonyl (C=O) groups excluding carboxylic acids is 1. The van der Waals surface area contributed by atoms with Gasteiger partial charge in [-0.2, -0.15) is 0 Å². The zero-order valence-corrected chi connectivity index (χ0v) is 19.3. The number of allylic oxidation sites excluding steroid dienone is 1. The van der Waals surface area contributed by atoms with Crippen LogP contribution in [0.5, 0.6) is 0 Å². The van der Waals surface area contributed by atoms with Crippen molar-refractivity contribution in [3.63, 3.8) is 0 Å². The van der Waals surface area contributed by atoms with Crippen molar-refractivity contribution in [1.29, 1.82) is 0 Å². The summed E-state index contributed by atoms with van der Waals surface area (Å²) in [5, 5.41) is 3.59. The Morgan fingerprint density at radius 1 is 1.15 bits per heavy atom. The van der Waals surface area contributed by atoms with E-state index in [4.69, 9.17) is 9.97 Å². The van der Waals surface area contributed by atoms with Crippen LogP contribution in [0, 0.1) is 0 Å². The first-order chi connectivity index (χ1) is 16.1. The van der Waals surface area contributed by atoms with E-state index < -0.39 is 0 Å². The van der Waals surface area contributed by atoms with Gasteiger partial charge in [0.05, 0.1) is 5.69 Å². The summed E-state index contributed by atoms with van der Waals surface area (Å²) < 4.78 is 0. The van der Waals surface area contributed by atoms with Crippen LogP contribution < -0.4 is 10.2 Å². The zero-order valence-electron chi connectivity index (χ0n) is 19.3. The summed E-state index contributed by atoms with van der Waals surface area (Å²) in [6, 6.07) is 9.03. The van der Waals surface area contributed by atoms with Gasteiger partial charge < -0.3 is 20.0 Å². The minimum Gasteiger partial charge on any atom is -0.369 e. The number of rotatable bonds is 6. The number of hydrogen-bond donors (Lipinski definition) is 1. The van der Waals surface area contributed by atoms with Crippen LogP contribution >= 0.6 is 0 Å². The number of amides is 1. The fourth-order valence-electron chi connectivity index (χ4n) is 4.85. The Kier molecular flexibility index (Phi) is 6.13. The van der Waals surface area contributed by atoms with E-state index in [1.165, 1.54) is 17.3 Å². The standard InChI is InChI=1S/C26H32N6O/c1-3-25(33)32-12-11-20(18-32)27-26-22-5-4-6-23(22)28-24(29-26)17-19-7-9-21(10-8-19)31-15-13-30(2)14-16-31/h3-5,7-10,20H,1,6,11-18H2,2H3,(H,27,28,29)/t20-/m0/s1. The molecule has 0 spiro atoms. The predicted octanol–water partition coefficient (Wildman–Crippen LogP) is 2.59. The van der Waals surface area contributed by atoms with Crippen LogP contribution in [0.25, 0.3) is 6.08 Å². The van der Waals surface area contributed by atoms with Crippen LogP contribution in [-0.2, 0) is 17.6 Å². The highest BCUT2D eigenvalue weighted by Crippen LogP contribution is 2.27. The molecule has 7 heteroatoms. The van der Waals surface area contributed by atoms with Gasteiger partial charge in [0.2, 0.25) is 5.91 Å². The maximum absolute atomic E-state index is 11.9. The number of nitrogens with one attached hydrogen (secondary N) is 1. The number of piperazine rings is 1. The topological polar surface area (TPSA) is 64.6 Å². The highest BCUT2D eigenvalue weighted by atomic mass is 16.2. The van der Waals surface area contributed by atoms with Crippen LogP contribution in [0.15, 0.2) is 43.0 Å². The number of aromatic nitrogens is 2. The lowest BCUT2D eigenvalue weighted by Gasteiger charge is -2.34. The molecule has 5 rings (SSSR count). The van der Waals surface area contributed by atoms with Gasteiger partial charge in [-0.1, -0.05) is 30.9 Å². The summed E-state index contributed by atoms with van der Waals surface area (Å²) in [6.45, 7) is 9.38. The highest BCUT2D eigenvalue weighted by Gasteiger charge is 2.26. The molecular formula is C26H32N6O. The van der Waals surface area contributed by atoms with E-state index in [0.717, 1.165) is 68.5 Å². The second-order valence-corrected chi connectivity index (χ2v) is 9.21. The van der Waals surface area contributed by atoms with Crippen molar-refractivity contribution in [3.05, 3.63) is 65.6 Å². The molecule has 7 nitrogen and oxygen atoms in total. The molecule has 2 saturated heterocycles. The van der Waals surface area contributed by atoms with E-state index >= 15 is 0 Å². The normalized spacial score (nSPS) is 20.2. The molecule has 1 aromatic heterocycles. The highest BCUT2D eigenvalue weighted by molar-refractivity contribution is 5.87. The van der Waals surface area contributed by atoms with E-state index in [0.29, 0.717) is 13.0 Å². The molecule has 1 aliphatic carbocycles. The largest absolute Gasteiger partial charge is 0.369 e. The maximum Gasteiger partial charge on any atom is 0.246 e. The average molecular weight is 445 g/mol. The van der Waals surface area contributed by atoms with E-state index in [-0.39, 0.29) is 11.9 Å². The van der Waals surface area contributed by atoms with Crippen molar-refractivity contribution in [1.82, 2.24) is 19.8 Å². The van der Waals surface area contributed by atoms with Crippen LogP contribution in [0.3, 0.4) is 0 Å². The first-order valence-electron chi connectivity index (χ1n) is 11.9. The first kappa shape index (κ1) is 21.6. The van der Waals surface area contributed by atoms with Crippen LogP contribution in [0.1, 0.15) is 29.1 Å².